The van der Waals surface area contributed by atoms with Gasteiger partial charge in [0.15, 0.2) is 5.13 Å². The lowest BCUT2D eigenvalue weighted by atomic mass is 10.2. The van der Waals surface area contributed by atoms with Gasteiger partial charge in [0.05, 0.1) is 12.2 Å². The van der Waals surface area contributed by atoms with Crippen molar-refractivity contribution in [3.05, 3.63) is 46.0 Å². The lowest BCUT2D eigenvalue weighted by molar-refractivity contribution is 0.101. The maximum absolute atomic E-state index is 13.7. The van der Waals surface area contributed by atoms with Gasteiger partial charge in [0.25, 0.3) is 16.1 Å². The van der Waals surface area contributed by atoms with Crippen LogP contribution in [0, 0.1) is 11.6 Å². The number of benzene rings is 1. The number of amides is 1. The minimum atomic E-state index is -3.55. The fourth-order valence-corrected chi connectivity index (χ4v) is 4.70. The van der Waals surface area contributed by atoms with Crippen LogP contribution in [0.4, 0.5) is 13.9 Å². The molecular formula is C15H16F2N4O3S2. The Labute approximate surface area is 153 Å². The molecular weight excluding hydrogens is 386 g/mol. The minimum Gasteiger partial charge on any atom is -0.298 e. The number of aromatic nitrogens is 1. The summed E-state index contributed by atoms with van der Waals surface area (Å²) in [5.41, 5.74) is -0.0120. The van der Waals surface area contributed by atoms with Gasteiger partial charge in [-0.3, -0.25) is 10.1 Å². The van der Waals surface area contributed by atoms with Gasteiger partial charge in [-0.25, -0.2) is 13.8 Å². The first-order valence-corrected chi connectivity index (χ1v) is 9.83. The third-order valence-electron chi connectivity index (χ3n) is 3.89. The van der Waals surface area contributed by atoms with Gasteiger partial charge in [0.2, 0.25) is 0 Å². The average molecular weight is 402 g/mol. The Morgan fingerprint density at radius 3 is 2.58 bits per heavy atom. The first-order chi connectivity index (χ1) is 12.2. The van der Waals surface area contributed by atoms with Crippen molar-refractivity contribution in [1.29, 1.82) is 0 Å². The Balaban J connectivity index is 1.80. The molecule has 2 heterocycles. The molecule has 0 fully saturated rings. The number of carbonyl (C=O) groups excluding carboxylic acids is 1. The van der Waals surface area contributed by atoms with E-state index in [0.29, 0.717) is 17.0 Å². The van der Waals surface area contributed by atoms with Crippen LogP contribution < -0.4 is 5.32 Å². The van der Waals surface area contributed by atoms with Crippen molar-refractivity contribution in [3.63, 3.8) is 0 Å². The molecule has 0 saturated heterocycles. The second-order valence-electron chi connectivity index (χ2n) is 5.81. The number of halogens is 2. The molecule has 140 valence electrons. The van der Waals surface area contributed by atoms with Crippen LogP contribution in [-0.2, 0) is 23.2 Å². The summed E-state index contributed by atoms with van der Waals surface area (Å²) in [6, 6.07) is 3.16. The predicted octanol–water partition coefficient (Wildman–Crippen LogP) is 1.84. The monoisotopic (exact) mass is 402 g/mol. The Morgan fingerprint density at radius 1 is 1.31 bits per heavy atom. The van der Waals surface area contributed by atoms with Crippen LogP contribution in [0.1, 0.15) is 20.9 Å². The largest absolute Gasteiger partial charge is 0.298 e. The highest BCUT2D eigenvalue weighted by atomic mass is 32.2. The number of thiazole rings is 1. The van der Waals surface area contributed by atoms with Crippen LogP contribution in [0.15, 0.2) is 18.2 Å². The highest BCUT2D eigenvalue weighted by Gasteiger charge is 2.31. The van der Waals surface area contributed by atoms with Gasteiger partial charge >= 0.3 is 0 Å². The van der Waals surface area contributed by atoms with E-state index in [-0.39, 0.29) is 18.2 Å². The molecule has 2 aromatic rings. The van der Waals surface area contributed by atoms with Crippen LogP contribution in [0.3, 0.4) is 0 Å². The molecule has 1 aliphatic rings. The predicted molar refractivity (Wildman–Crippen MR) is 93.1 cm³/mol. The highest BCUT2D eigenvalue weighted by Crippen LogP contribution is 2.30. The summed E-state index contributed by atoms with van der Waals surface area (Å²) in [6.45, 7) is 0.407. The number of hydrogen-bond acceptors (Lipinski definition) is 5. The number of nitrogens with zero attached hydrogens (tertiary/aromatic N) is 3. The first kappa shape index (κ1) is 18.8. The Bertz CT molecular complexity index is 940. The molecule has 0 aliphatic carbocycles. The number of rotatable bonds is 4. The molecule has 1 N–H and O–H groups in total. The topological polar surface area (TPSA) is 82.6 Å². The quantitative estimate of drug-likeness (QED) is 0.846. The summed E-state index contributed by atoms with van der Waals surface area (Å²) in [7, 11) is -0.651. The maximum Gasteiger partial charge on any atom is 0.281 e. The zero-order valence-electron chi connectivity index (χ0n) is 14.0. The summed E-state index contributed by atoms with van der Waals surface area (Å²) in [4.78, 5) is 17.1. The zero-order valence-corrected chi connectivity index (χ0v) is 15.6. The number of hydrogen-bond donors (Lipinski definition) is 1. The Kier molecular flexibility index (Phi) is 5.06. The van der Waals surface area contributed by atoms with Crippen molar-refractivity contribution in [3.8, 4) is 0 Å². The second-order valence-corrected chi connectivity index (χ2v) is 9.04. The van der Waals surface area contributed by atoms with Crippen molar-refractivity contribution in [2.75, 3.05) is 26.0 Å². The van der Waals surface area contributed by atoms with Crippen LogP contribution in [-0.4, -0.2) is 48.6 Å². The van der Waals surface area contributed by atoms with E-state index in [0.717, 1.165) is 27.8 Å². The molecule has 1 aliphatic heterocycles. The molecule has 3 rings (SSSR count). The highest BCUT2D eigenvalue weighted by molar-refractivity contribution is 7.86. The third kappa shape index (κ3) is 3.47. The fraction of sp³-hybridized carbons (Fsp3) is 0.333. The van der Waals surface area contributed by atoms with E-state index in [9.17, 15) is 22.0 Å². The van der Waals surface area contributed by atoms with E-state index in [1.165, 1.54) is 24.5 Å². The van der Waals surface area contributed by atoms with Gasteiger partial charge in [0.1, 0.15) is 17.2 Å². The molecule has 0 saturated carbocycles. The van der Waals surface area contributed by atoms with Crippen LogP contribution in [0.2, 0.25) is 0 Å². The molecule has 0 unspecified atom stereocenters. The summed E-state index contributed by atoms with van der Waals surface area (Å²) >= 11 is 1.09. The molecule has 1 aromatic carbocycles. The van der Waals surface area contributed by atoms with Gasteiger partial charge in [-0.1, -0.05) is 6.07 Å². The summed E-state index contributed by atoms with van der Waals surface area (Å²) < 4.78 is 54.3. The standard InChI is InChI=1S/C15H16F2N4O3S2/c1-20(2)26(23,24)21-7-6-11-12(8-21)25-15(18-11)19-14(22)13-9(16)4-3-5-10(13)17/h3-5H,6-8H2,1-2H3,(H,18,19,22). The van der Waals surface area contributed by atoms with E-state index in [4.69, 9.17) is 0 Å². The molecule has 0 bridgehead atoms. The third-order valence-corrected chi connectivity index (χ3v) is 6.78. The molecule has 7 nitrogen and oxygen atoms in total. The smallest absolute Gasteiger partial charge is 0.281 e. The Morgan fingerprint density at radius 2 is 1.96 bits per heavy atom. The lowest BCUT2D eigenvalue weighted by Gasteiger charge is -2.27. The average Bonchev–Trinajstić information content (AvgIpc) is 2.95. The van der Waals surface area contributed by atoms with Gasteiger partial charge < -0.3 is 0 Å². The molecule has 0 spiro atoms. The van der Waals surface area contributed by atoms with E-state index in [1.807, 2.05) is 0 Å². The number of nitrogens with one attached hydrogen (secondary N) is 1. The van der Waals surface area contributed by atoms with E-state index in [1.54, 1.807) is 0 Å². The molecule has 1 aromatic heterocycles. The van der Waals surface area contributed by atoms with Crippen LogP contribution in [0.5, 0.6) is 0 Å². The van der Waals surface area contributed by atoms with Crippen molar-refractivity contribution in [1.82, 2.24) is 13.6 Å². The lowest BCUT2D eigenvalue weighted by Crippen LogP contribution is -2.42. The van der Waals surface area contributed by atoms with E-state index < -0.39 is 33.3 Å². The van der Waals surface area contributed by atoms with Gasteiger partial charge in [-0.2, -0.15) is 17.0 Å². The number of anilines is 1. The normalized spacial score (nSPS) is 15.1. The van der Waals surface area contributed by atoms with E-state index >= 15 is 0 Å². The maximum atomic E-state index is 13.7. The number of fused-ring (bicyclic) bond motifs is 1. The summed E-state index contributed by atoms with van der Waals surface area (Å²) in [6.07, 6.45) is 0.392. The molecule has 1 amide bonds. The zero-order chi connectivity index (χ0) is 19.1. The van der Waals surface area contributed by atoms with E-state index in [2.05, 4.69) is 10.3 Å². The Hall–Kier alpha value is -1.95. The second kappa shape index (κ2) is 6.99. The summed E-state index contributed by atoms with van der Waals surface area (Å²) in [5, 5.41) is 2.56. The van der Waals surface area contributed by atoms with Crippen molar-refractivity contribution in [2.45, 2.75) is 13.0 Å². The molecule has 26 heavy (non-hydrogen) atoms. The van der Waals surface area contributed by atoms with Crippen molar-refractivity contribution in [2.24, 2.45) is 0 Å². The van der Waals surface area contributed by atoms with Crippen molar-refractivity contribution >= 4 is 32.6 Å². The van der Waals surface area contributed by atoms with Crippen LogP contribution in [0.25, 0.3) is 0 Å². The van der Waals surface area contributed by atoms with Gasteiger partial charge in [0, 0.05) is 31.9 Å². The first-order valence-electron chi connectivity index (χ1n) is 7.61. The van der Waals surface area contributed by atoms with Gasteiger partial charge in [-0.15, -0.1) is 11.3 Å². The van der Waals surface area contributed by atoms with Crippen molar-refractivity contribution < 1.29 is 22.0 Å². The summed E-state index contributed by atoms with van der Waals surface area (Å²) in [5.74, 6) is -2.87. The number of carbonyl (C=O) groups is 1. The minimum absolute atomic E-state index is 0.136. The molecule has 0 atom stereocenters. The van der Waals surface area contributed by atoms with Gasteiger partial charge in [-0.05, 0) is 12.1 Å². The fourth-order valence-electron chi connectivity index (χ4n) is 2.53. The molecule has 11 heteroatoms. The molecule has 0 radical (unpaired) electrons. The van der Waals surface area contributed by atoms with Crippen LogP contribution >= 0.6 is 11.3 Å². The SMILES string of the molecule is CN(C)S(=O)(=O)N1CCc2nc(NC(=O)c3c(F)cccc3F)sc2C1.